The average Bonchev–Trinajstić information content (AvgIpc) is 2.46. The van der Waals surface area contributed by atoms with Crippen LogP contribution in [-0.2, 0) is 12.8 Å². The fraction of sp³-hybridized carbons (Fsp3) is 0.176. The largest absolute Gasteiger partial charge is 0.207 e. The number of hydrogen-bond acceptors (Lipinski definition) is 0. The maximum Gasteiger partial charge on any atom is 0.133 e. The molecular formula is C17H17BF2. The minimum Gasteiger partial charge on any atom is -0.207 e. The van der Waals surface area contributed by atoms with E-state index in [1.807, 2.05) is 38.2 Å². The number of aryl methyl sites for hydroxylation is 2. The van der Waals surface area contributed by atoms with Gasteiger partial charge in [-0.05, 0) is 30.0 Å². The van der Waals surface area contributed by atoms with Crippen LogP contribution in [0.25, 0.3) is 5.57 Å². The molecule has 0 fully saturated rings. The van der Waals surface area contributed by atoms with Crippen LogP contribution in [0.5, 0.6) is 0 Å². The van der Waals surface area contributed by atoms with Crippen molar-refractivity contribution in [2.24, 2.45) is 0 Å². The molecule has 0 amide bonds. The number of benzene rings is 2. The molecule has 0 bridgehead atoms. The third kappa shape index (κ3) is 3.35. The molecule has 0 aromatic heterocycles. The second-order valence-corrected chi connectivity index (χ2v) is 4.87. The first-order valence-corrected chi connectivity index (χ1v) is 6.81. The highest BCUT2D eigenvalue weighted by molar-refractivity contribution is 6.14. The van der Waals surface area contributed by atoms with Crippen molar-refractivity contribution in [3.63, 3.8) is 0 Å². The van der Waals surface area contributed by atoms with Gasteiger partial charge in [-0.1, -0.05) is 48.8 Å². The van der Waals surface area contributed by atoms with Crippen molar-refractivity contribution in [1.29, 1.82) is 0 Å². The van der Waals surface area contributed by atoms with E-state index in [9.17, 15) is 8.78 Å². The Balaban J connectivity index is 2.21. The molecule has 102 valence electrons. The van der Waals surface area contributed by atoms with Crippen molar-refractivity contribution in [3.8, 4) is 0 Å². The Hall–Kier alpha value is -1.90. The van der Waals surface area contributed by atoms with Gasteiger partial charge in [-0.2, -0.15) is 0 Å². The third-order valence-electron chi connectivity index (χ3n) is 3.47. The molecule has 3 heteroatoms. The third-order valence-corrected chi connectivity index (χ3v) is 3.47. The predicted molar refractivity (Wildman–Crippen MR) is 82.6 cm³/mol. The van der Waals surface area contributed by atoms with E-state index in [1.165, 1.54) is 0 Å². The maximum absolute atomic E-state index is 13.8. The maximum atomic E-state index is 13.8. The van der Waals surface area contributed by atoms with Crippen LogP contribution in [0.3, 0.4) is 0 Å². The van der Waals surface area contributed by atoms with Gasteiger partial charge in [-0.3, -0.25) is 0 Å². The fourth-order valence-electron chi connectivity index (χ4n) is 2.17. The van der Waals surface area contributed by atoms with Gasteiger partial charge in [0.1, 0.15) is 19.5 Å². The molecule has 2 rings (SSSR count). The van der Waals surface area contributed by atoms with Crippen LogP contribution < -0.4 is 0 Å². The Labute approximate surface area is 119 Å². The lowest BCUT2D eigenvalue weighted by molar-refractivity contribution is 0.569. The zero-order chi connectivity index (χ0) is 14.5. The highest BCUT2D eigenvalue weighted by Crippen LogP contribution is 2.23. The number of rotatable bonds is 5. The smallest absolute Gasteiger partial charge is 0.133 e. The molecule has 2 aromatic carbocycles. The van der Waals surface area contributed by atoms with Crippen LogP contribution in [-0.4, -0.2) is 7.85 Å². The zero-order valence-corrected chi connectivity index (χ0v) is 11.6. The topological polar surface area (TPSA) is 0 Å². The van der Waals surface area contributed by atoms with Crippen molar-refractivity contribution >= 4 is 13.4 Å². The Morgan fingerprint density at radius 3 is 2.35 bits per heavy atom. The van der Waals surface area contributed by atoms with Crippen LogP contribution >= 0.6 is 0 Å². The molecule has 0 unspecified atom stereocenters. The van der Waals surface area contributed by atoms with Crippen LogP contribution in [0.1, 0.15) is 16.7 Å². The van der Waals surface area contributed by atoms with E-state index in [-0.39, 0.29) is 0 Å². The van der Waals surface area contributed by atoms with E-state index < -0.39 is 11.6 Å². The summed E-state index contributed by atoms with van der Waals surface area (Å²) < 4.78 is 27.6. The number of halogens is 2. The molecule has 0 aliphatic carbocycles. The van der Waals surface area contributed by atoms with Gasteiger partial charge in [0, 0.05) is 11.6 Å². The minimum atomic E-state index is -0.530. The van der Waals surface area contributed by atoms with E-state index in [0.717, 1.165) is 18.1 Å². The van der Waals surface area contributed by atoms with Crippen LogP contribution in [0.4, 0.5) is 8.78 Å². The quantitative estimate of drug-likeness (QED) is 0.725. The Bertz CT molecular complexity index is 606. The first kappa shape index (κ1) is 14.5. The predicted octanol–water partition coefficient (Wildman–Crippen LogP) is 3.81. The lowest BCUT2D eigenvalue weighted by Crippen LogP contribution is -1.99. The highest BCUT2D eigenvalue weighted by Gasteiger charge is 2.11. The first-order chi connectivity index (χ1) is 9.61. The summed E-state index contributed by atoms with van der Waals surface area (Å²) in [6.45, 7) is 3.83. The van der Waals surface area contributed by atoms with Gasteiger partial charge in [0.2, 0.25) is 0 Å². The molecule has 0 heterocycles. The number of hydrogen-bond donors (Lipinski definition) is 0. The molecule has 0 aliphatic heterocycles. The molecule has 0 aliphatic rings. The van der Waals surface area contributed by atoms with Crippen molar-refractivity contribution in [1.82, 2.24) is 0 Å². The SMILES string of the molecule is BCC(=C)c1cc(CCc2ccccc2)c(F)cc1F. The summed E-state index contributed by atoms with van der Waals surface area (Å²) in [6, 6.07) is 12.4. The summed E-state index contributed by atoms with van der Waals surface area (Å²) in [5.41, 5.74) is 2.81. The fourth-order valence-corrected chi connectivity index (χ4v) is 2.17. The lowest BCUT2D eigenvalue weighted by Gasteiger charge is -2.10. The van der Waals surface area contributed by atoms with Gasteiger partial charge < -0.3 is 0 Å². The average molecular weight is 270 g/mol. The molecule has 0 saturated carbocycles. The van der Waals surface area contributed by atoms with Gasteiger partial charge in [0.25, 0.3) is 0 Å². The van der Waals surface area contributed by atoms with E-state index in [1.54, 1.807) is 6.07 Å². The molecular weight excluding hydrogens is 253 g/mol. The van der Waals surface area contributed by atoms with Gasteiger partial charge in [0.15, 0.2) is 0 Å². The van der Waals surface area contributed by atoms with Gasteiger partial charge in [0.05, 0.1) is 0 Å². The van der Waals surface area contributed by atoms with E-state index >= 15 is 0 Å². The summed E-state index contributed by atoms with van der Waals surface area (Å²) in [5.74, 6) is -1.01. The van der Waals surface area contributed by atoms with Crippen LogP contribution in [0, 0.1) is 11.6 Å². The molecule has 20 heavy (non-hydrogen) atoms. The van der Waals surface area contributed by atoms with E-state index in [2.05, 4.69) is 6.58 Å². The Morgan fingerprint density at radius 2 is 1.70 bits per heavy atom. The summed E-state index contributed by atoms with van der Waals surface area (Å²) in [6.07, 6.45) is 1.95. The normalized spacial score (nSPS) is 10.5. The second kappa shape index (κ2) is 6.51. The standard InChI is InChI=1S/C17H17BF2/c1-12(11-18)15-9-14(16(19)10-17(15)20)8-7-13-5-3-2-4-6-13/h2-6,9-10H,1,7-8,11,18H2. The minimum absolute atomic E-state index is 0.428. The summed E-state index contributed by atoms with van der Waals surface area (Å²) in [4.78, 5) is 0. The molecule has 2 aromatic rings. The van der Waals surface area contributed by atoms with Gasteiger partial charge >= 0.3 is 0 Å². The molecule has 0 saturated heterocycles. The second-order valence-electron chi connectivity index (χ2n) is 4.87. The van der Waals surface area contributed by atoms with Crippen molar-refractivity contribution in [2.75, 3.05) is 0 Å². The van der Waals surface area contributed by atoms with Crippen molar-refractivity contribution < 1.29 is 8.78 Å². The van der Waals surface area contributed by atoms with Crippen molar-refractivity contribution in [2.45, 2.75) is 19.2 Å². The molecule has 0 atom stereocenters. The monoisotopic (exact) mass is 270 g/mol. The Morgan fingerprint density at radius 1 is 1.00 bits per heavy atom. The highest BCUT2D eigenvalue weighted by atomic mass is 19.1. The van der Waals surface area contributed by atoms with E-state index in [4.69, 9.17) is 0 Å². The summed E-state index contributed by atoms with van der Waals surface area (Å²) in [7, 11) is 1.91. The number of allylic oxidation sites excluding steroid dienone is 1. The zero-order valence-electron chi connectivity index (χ0n) is 11.6. The van der Waals surface area contributed by atoms with E-state index in [0.29, 0.717) is 29.4 Å². The molecule has 0 N–H and O–H groups in total. The Kier molecular flexibility index (Phi) is 4.72. The molecule has 0 spiro atoms. The van der Waals surface area contributed by atoms with Gasteiger partial charge in [-0.15, -0.1) is 0 Å². The summed E-state index contributed by atoms with van der Waals surface area (Å²) >= 11 is 0. The van der Waals surface area contributed by atoms with Crippen LogP contribution in [0.2, 0.25) is 6.32 Å². The van der Waals surface area contributed by atoms with Crippen LogP contribution in [0.15, 0.2) is 49.0 Å². The molecule has 0 radical (unpaired) electrons. The van der Waals surface area contributed by atoms with Crippen molar-refractivity contribution in [3.05, 3.63) is 77.4 Å². The van der Waals surface area contributed by atoms with Gasteiger partial charge in [-0.25, -0.2) is 8.78 Å². The summed E-state index contributed by atoms with van der Waals surface area (Å²) in [5, 5.41) is 0. The first-order valence-electron chi connectivity index (χ1n) is 6.81. The molecule has 0 nitrogen and oxygen atoms in total. The lowest BCUT2D eigenvalue weighted by atomic mass is 9.90.